The summed E-state index contributed by atoms with van der Waals surface area (Å²) < 4.78 is 5.37. The van der Waals surface area contributed by atoms with Crippen molar-refractivity contribution >= 4 is 6.29 Å². The summed E-state index contributed by atoms with van der Waals surface area (Å²) in [5.74, 6) is 0.620. The summed E-state index contributed by atoms with van der Waals surface area (Å²) >= 11 is 0. The Labute approximate surface area is 84.1 Å². The molecule has 0 amide bonds. The number of aliphatic hydroxyl groups is 1. The minimum absolute atomic E-state index is 0.0254. The van der Waals surface area contributed by atoms with Crippen LogP contribution >= 0.6 is 0 Å². The van der Waals surface area contributed by atoms with Gasteiger partial charge in [-0.25, -0.2) is 0 Å². The average Bonchev–Trinajstić information content (AvgIpc) is 2.10. The number of allylic oxidation sites excluding steroid dienone is 3. The molecule has 3 nitrogen and oxygen atoms in total. The van der Waals surface area contributed by atoms with E-state index in [1.807, 2.05) is 13.8 Å². The fraction of sp³-hybridized carbons (Fsp3) is 0.545. The molecule has 0 aromatic carbocycles. The summed E-state index contributed by atoms with van der Waals surface area (Å²) in [5.41, 5.74) is -0.589. The molecule has 1 aliphatic rings. The van der Waals surface area contributed by atoms with Gasteiger partial charge in [0, 0.05) is 11.8 Å². The molecule has 1 rings (SSSR count). The monoisotopic (exact) mass is 196 g/mol. The Morgan fingerprint density at radius 2 is 2.29 bits per heavy atom. The minimum Gasteiger partial charge on any atom is -0.508 e. The number of aldehydes is 1. The number of hydrogen-bond donors (Lipinski definition) is 1. The molecule has 0 aromatic heterocycles. The van der Waals surface area contributed by atoms with Gasteiger partial charge in [-0.1, -0.05) is 6.08 Å². The maximum absolute atomic E-state index is 10.7. The molecule has 14 heavy (non-hydrogen) atoms. The summed E-state index contributed by atoms with van der Waals surface area (Å²) in [6, 6.07) is 0. The van der Waals surface area contributed by atoms with Gasteiger partial charge in [-0.3, -0.25) is 0 Å². The van der Waals surface area contributed by atoms with E-state index in [0.29, 0.717) is 12.2 Å². The maximum Gasteiger partial charge on any atom is 0.156 e. The lowest BCUT2D eigenvalue weighted by molar-refractivity contribution is -0.113. The van der Waals surface area contributed by atoms with Crippen molar-refractivity contribution in [3.63, 3.8) is 0 Å². The Morgan fingerprint density at radius 1 is 1.64 bits per heavy atom. The molecule has 0 saturated carbocycles. The van der Waals surface area contributed by atoms with E-state index < -0.39 is 5.41 Å². The molecular formula is C11H16O3. The quantitative estimate of drug-likeness (QED) is 0.705. The minimum atomic E-state index is -0.589. The van der Waals surface area contributed by atoms with Crippen LogP contribution in [-0.2, 0) is 9.53 Å². The Morgan fingerprint density at radius 3 is 2.71 bits per heavy atom. The molecule has 3 heteroatoms. The van der Waals surface area contributed by atoms with Crippen molar-refractivity contribution in [2.24, 2.45) is 5.41 Å². The van der Waals surface area contributed by atoms with Gasteiger partial charge in [0.1, 0.15) is 12.0 Å². The second kappa shape index (κ2) is 3.86. The zero-order valence-corrected chi connectivity index (χ0v) is 8.78. The van der Waals surface area contributed by atoms with Crippen LogP contribution in [0.5, 0.6) is 0 Å². The lowest BCUT2D eigenvalue weighted by atomic mass is 9.84. The van der Waals surface area contributed by atoms with E-state index in [0.717, 1.165) is 6.29 Å². The molecule has 0 saturated heterocycles. The Bertz CT molecular complexity index is 289. The van der Waals surface area contributed by atoms with Crippen LogP contribution in [0.3, 0.4) is 0 Å². The van der Waals surface area contributed by atoms with Gasteiger partial charge in [0.2, 0.25) is 0 Å². The number of carbonyl (C=O) groups is 1. The van der Waals surface area contributed by atoms with Crippen molar-refractivity contribution in [3.8, 4) is 0 Å². The molecule has 0 fully saturated rings. The number of rotatable bonds is 3. The largest absolute Gasteiger partial charge is 0.508 e. The van der Waals surface area contributed by atoms with Crippen LogP contribution in [-0.4, -0.2) is 17.5 Å². The van der Waals surface area contributed by atoms with Crippen LogP contribution in [0.2, 0.25) is 0 Å². The van der Waals surface area contributed by atoms with Gasteiger partial charge in [0.15, 0.2) is 5.76 Å². The molecule has 78 valence electrons. The second-order valence-electron chi connectivity index (χ2n) is 4.11. The summed E-state index contributed by atoms with van der Waals surface area (Å²) in [6.07, 6.45) is 4.60. The van der Waals surface area contributed by atoms with Crippen LogP contribution < -0.4 is 0 Å². The van der Waals surface area contributed by atoms with E-state index in [2.05, 4.69) is 0 Å². The Balaban J connectivity index is 2.79. The third-order valence-electron chi connectivity index (χ3n) is 2.08. The number of ether oxygens (including phenoxy) is 1. The van der Waals surface area contributed by atoms with Crippen molar-refractivity contribution in [1.29, 1.82) is 0 Å². The molecule has 0 radical (unpaired) electrons. The third-order valence-corrected chi connectivity index (χ3v) is 2.08. The highest BCUT2D eigenvalue weighted by Gasteiger charge is 2.27. The van der Waals surface area contributed by atoms with Crippen molar-refractivity contribution < 1.29 is 14.6 Å². The summed E-state index contributed by atoms with van der Waals surface area (Å²) in [6.45, 7) is 5.56. The van der Waals surface area contributed by atoms with Gasteiger partial charge >= 0.3 is 0 Å². The first kappa shape index (κ1) is 10.8. The topological polar surface area (TPSA) is 46.5 Å². The molecule has 1 unspecified atom stereocenters. The first-order valence-electron chi connectivity index (χ1n) is 4.71. The number of aliphatic hydroxyl groups excluding tert-OH is 1. The van der Waals surface area contributed by atoms with E-state index in [9.17, 15) is 9.90 Å². The van der Waals surface area contributed by atoms with Crippen LogP contribution in [0.1, 0.15) is 27.2 Å². The molecule has 1 atom stereocenters. The van der Waals surface area contributed by atoms with E-state index in [4.69, 9.17) is 4.74 Å². The lowest BCUT2D eigenvalue weighted by Gasteiger charge is -2.24. The van der Waals surface area contributed by atoms with Crippen LogP contribution in [0.25, 0.3) is 0 Å². The number of carbonyl (C=O) groups excluding carboxylic acids is 1. The van der Waals surface area contributed by atoms with Gasteiger partial charge < -0.3 is 14.6 Å². The Kier molecular flexibility index (Phi) is 2.99. The van der Waals surface area contributed by atoms with Gasteiger partial charge in [-0.15, -0.1) is 0 Å². The zero-order chi connectivity index (χ0) is 10.8. The van der Waals surface area contributed by atoms with Crippen molar-refractivity contribution in [1.82, 2.24) is 0 Å². The van der Waals surface area contributed by atoms with Gasteiger partial charge in [0.25, 0.3) is 0 Å². The zero-order valence-electron chi connectivity index (χ0n) is 8.78. The van der Waals surface area contributed by atoms with Crippen LogP contribution in [0.15, 0.2) is 23.7 Å². The predicted molar refractivity (Wildman–Crippen MR) is 53.8 cm³/mol. The van der Waals surface area contributed by atoms with E-state index in [1.54, 1.807) is 19.1 Å². The fourth-order valence-corrected chi connectivity index (χ4v) is 1.31. The highest BCUT2D eigenvalue weighted by molar-refractivity contribution is 5.64. The molecule has 0 heterocycles. The molecule has 0 aromatic rings. The molecule has 1 aliphatic carbocycles. The van der Waals surface area contributed by atoms with Crippen molar-refractivity contribution in [3.05, 3.63) is 23.7 Å². The van der Waals surface area contributed by atoms with E-state index >= 15 is 0 Å². The molecular weight excluding hydrogens is 180 g/mol. The maximum atomic E-state index is 10.7. The van der Waals surface area contributed by atoms with Gasteiger partial charge in [-0.05, 0) is 26.8 Å². The van der Waals surface area contributed by atoms with Gasteiger partial charge in [-0.2, -0.15) is 0 Å². The molecule has 0 spiro atoms. The number of hydrogen-bond acceptors (Lipinski definition) is 3. The normalized spacial score (nSPS) is 26.9. The summed E-state index contributed by atoms with van der Waals surface area (Å²) in [5, 5.41) is 9.63. The smallest absolute Gasteiger partial charge is 0.156 e. The summed E-state index contributed by atoms with van der Waals surface area (Å²) in [4.78, 5) is 10.7. The third kappa shape index (κ3) is 2.37. The first-order valence-corrected chi connectivity index (χ1v) is 4.71. The standard InChI is InChI=1S/C11H16O3/c1-8(2)14-10-4-5-11(3,7-12)6-9(10)13/h4-5,7-8,13H,6H2,1-3H3. The van der Waals surface area contributed by atoms with Gasteiger partial charge in [0.05, 0.1) is 6.10 Å². The average molecular weight is 196 g/mol. The van der Waals surface area contributed by atoms with Crippen LogP contribution in [0, 0.1) is 5.41 Å². The summed E-state index contributed by atoms with van der Waals surface area (Å²) in [7, 11) is 0. The molecule has 0 aliphatic heterocycles. The second-order valence-corrected chi connectivity index (χ2v) is 4.11. The Hall–Kier alpha value is -1.25. The predicted octanol–water partition coefficient (Wildman–Crippen LogP) is 2.35. The first-order chi connectivity index (χ1) is 6.47. The highest BCUT2D eigenvalue weighted by atomic mass is 16.5. The molecule has 0 bridgehead atoms. The molecule has 1 N–H and O–H groups in total. The van der Waals surface area contributed by atoms with Crippen molar-refractivity contribution in [2.75, 3.05) is 0 Å². The SMILES string of the molecule is CC(C)OC1=C(O)CC(C)(C=O)C=C1. The van der Waals surface area contributed by atoms with Crippen molar-refractivity contribution in [2.45, 2.75) is 33.3 Å². The lowest BCUT2D eigenvalue weighted by Crippen LogP contribution is -2.20. The van der Waals surface area contributed by atoms with E-state index in [1.165, 1.54) is 0 Å². The fourth-order valence-electron chi connectivity index (χ4n) is 1.31. The van der Waals surface area contributed by atoms with E-state index in [-0.39, 0.29) is 11.9 Å². The van der Waals surface area contributed by atoms with Crippen LogP contribution in [0.4, 0.5) is 0 Å². The highest BCUT2D eigenvalue weighted by Crippen LogP contribution is 2.31.